The van der Waals surface area contributed by atoms with E-state index in [1.165, 1.54) is 6.42 Å². The third-order valence-corrected chi connectivity index (χ3v) is 5.53. The number of aliphatic imine (C=N–C) groups is 1. The van der Waals surface area contributed by atoms with Crippen LogP contribution < -0.4 is 10.6 Å². The molecule has 1 aliphatic carbocycles. The lowest BCUT2D eigenvalue weighted by Gasteiger charge is -2.54. The molecule has 3 atom stereocenters. The highest BCUT2D eigenvalue weighted by Crippen LogP contribution is 2.52. The van der Waals surface area contributed by atoms with Crippen molar-refractivity contribution in [3.05, 3.63) is 0 Å². The van der Waals surface area contributed by atoms with Gasteiger partial charge < -0.3 is 20.1 Å². The van der Waals surface area contributed by atoms with Gasteiger partial charge in [-0.3, -0.25) is 9.89 Å². The Morgan fingerprint density at radius 1 is 1.25 bits per heavy atom. The Labute approximate surface area is 163 Å². The van der Waals surface area contributed by atoms with E-state index < -0.39 is 0 Å². The predicted octanol–water partition coefficient (Wildman–Crippen LogP) is 1.31. The van der Waals surface area contributed by atoms with Crippen LogP contribution in [0.2, 0.25) is 0 Å². The SMILES string of the molecule is CCNC(=NCCN1CCOCC1)NC1C2CCOC2C1(C)C.I. The summed E-state index contributed by atoms with van der Waals surface area (Å²) in [4.78, 5) is 7.20. The number of hydrogen-bond acceptors (Lipinski definition) is 4. The zero-order chi connectivity index (χ0) is 16.3. The summed E-state index contributed by atoms with van der Waals surface area (Å²) in [7, 11) is 0. The van der Waals surface area contributed by atoms with Gasteiger partial charge in [0.25, 0.3) is 0 Å². The summed E-state index contributed by atoms with van der Waals surface area (Å²) in [5.74, 6) is 1.58. The molecule has 1 saturated carbocycles. The van der Waals surface area contributed by atoms with Gasteiger partial charge in [0.05, 0.1) is 25.9 Å². The van der Waals surface area contributed by atoms with Crippen LogP contribution in [0.1, 0.15) is 27.2 Å². The molecule has 3 aliphatic rings. The van der Waals surface area contributed by atoms with Crippen molar-refractivity contribution in [1.82, 2.24) is 15.5 Å². The van der Waals surface area contributed by atoms with Gasteiger partial charge in [-0.25, -0.2) is 0 Å². The number of morpholine rings is 1. The van der Waals surface area contributed by atoms with E-state index in [1.54, 1.807) is 0 Å². The second kappa shape index (κ2) is 9.00. The van der Waals surface area contributed by atoms with Crippen LogP contribution >= 0.6 is 24.0 Å². The molecule has 7 heteroatoms. The second-order valence-corrected chi connectivity index (χ2v) is 7.40. The van der Waals surface area contributed by atoms with Gasteiger partial charge in [-0.1, -0.05) is 13.8 Å². The smallest absolute Gasteiger partial charge is 0.191 e. The summed E-state index contributed by atoms with van der Waals surface area (Å²) in [6.45, 7) is 14.1. The molecule has 2 N–H and O–H groups in total. The minimum absolute atomic E-state index is 0. The first-order valence-electron chi connectivity index (χ1n) is 9.09. The van der Waals surface area contributed by atoms with Crippen molar-refractivity contribution in [2.75, 3.05) is 52.5 Å². The molecule has 2 heterocycles. The number of guanidine groups is 1. The van der Waals surface area contributed by atoms with Crippen molar-refractivity contribution in [1.29, 1.82) is 0 Å². The van der Waals surface area contributed by atoms with Crippen LogP contribution in [0, 0.1) is 11.3 Å². The summed E-state index contributed by atoms with van der Waals surface area (Å²) >= 11 is 0. The van der Waals surface area contributed by atoms with Crippen LogP contribution in [0.4, 0.5) is 0 Å². The summed E-state index contributed by atoms with van der Waals surface area (Å²) in [5.41, 5.74) is 0.182. The molecule has 0 aromatic rings. The number of ether oxygens (including phenoxy) is 2. The molecule has 3 rings (SSSR count). The first-order chi connectivity index (χ1) is 11.1. The molecule has 0 bridgehead atoms. The summed E-state index contributed by atoms with van der Waals surface area (Å²) in [5, 5.41) is 7.06. The highest BCUT2D eigenvalue weighted by molar-refractivity contribution is 14.0. The van der Waals surface area contributed by atoms with E-state index in [1.807, 2.05) is 0 Å². The molecule has 2 saturated heterocycles. The third kappa shape index (κ3) is 4.34. The Morgan fingerprint density at radius 3 is 2.71 bits per heavy atom. The van der Waals surface area contributed by atoms with E-state index in [9.17, 15) is 0 Å². The molecule has 0 aromatic heterocycles. The van der Waals surface area contributed by atoms with Gasteiger partial charge in [0, 0.05) is 50.2 Å². The van der Waals surface area contributed by atoms with Crippen molar-refractivity contribution in [2.45, 2.75) is 39.3 Å². The molecule has 6 nitrogen and oxygen atoms in total. The van der Waals surface area contributed by atoms with Crippen molar-refractivity contribution < 1.29 is 9.47 Å². The van der Waals surface area contributed by atoms with E-state index in [2.05, 4.69) is 36.3 Å². The number of hydrogen-bond donors (Lipinski definition) is 2. The normalized spacial score (nSPS) is 32.5. The van der Waals surface area contributed by atoms with Gasteiger partial charge in [0.1, 0.15) is 0 Å². The van der Waals surface area contributed by atoms with E-state index in [-0.39, 0.29) is 29.4 Å². The van der Waals surface area contributed by atoms with Crippen LogP contribution in [0.5, 0.6) is 0 Å². The fraction of sp³-hybridized carbons (Fsp3) is 0.941. The zero-order valence-electron chi connectivity index (χ0n) is 15.2. The highest BCUT2D eigenvalue weighted by atomic mass is 127. The Hall–Kier alpha value is -0.120. The average Bonchev–Trinajstić information content (AvgIpc) is 3.00. The largest absolute Gasteiger partial charge is 0.379 e. The molecule has 3 fully saturated rings. The second-order valence-electron chi connectivity index (χ2n) is 7.40. The number of nitrogens with zero attached hydrogens (tertiary/aromatic N) is 2. The average molecular weight is 452 g/mol. The van der Waals surface area contributed by atoms with Crippen molar-refractivity contribution in [3.8, 4) is 0 Å². The molecule has 0 spiro atoms. The van der Waals surface area contributed by atoms with Crippen LogP contribution in [-0.2, 0) is 9.47 Å². The zero-order valence-corrected chi connectivity index (χ0v) is 17.5. The first kappa shape index (κ1) is 20.2. The molecule has 0 amide bonds. The maximum absolute atomic E-state index is 5.88. The molecule has 0 aromatic carbocycles. The maximum atomic E-state index is 5.88. The van der Waals surface area contributed by atoms with Crippen LogP contribution in [0.25, 0.3) is 0 Å². The Kier molecular flexibility index (Phi) is 7.58. The van der Waals surface area contributed by atoms with Crippen LogP contribution in [-0.4, -0.2) is 75.5 Å². The molecule has 140 valence electrons. The Morgan fingerprint density at radius 2 is 2.00 bits per heavy atom. The van der Waals surface area contributed by atoms with Gasteiger partial charge in [-0.2, -0.15) is 0 Å². The van der Waals surface area contributed by atoms with Gasteiger partial charge in [0.2, 0.25) is 0 Å². The number of halogens is 1. The quantitative estimate of drug-likeness (QED) is 0.374. The van der Waals surface area contributed by atoms with E-state index >= 15 is 0 Å². The molecular weight excluding hydrogens is 419 g/mol. The fourth-order valence-corrected chi connectivity index (χ4v) is 4.21. The minimum atomic E-state index is 0. The van der Waals surface area contributed by atoms with Gasteiger partial charge in [-0.15, -0.1) is 24.0 Å². The number of nitrogens with one attached hydrogen (secondary N) is 2. The van der Waals surface area contributed by atoms with Crippen LogP contribution in [0.3, 0.4) is 0 Å². The maximum Gasteiger partial charge on any atom is 0.191 e. The van der Waals surface area contributed by atoms with Gasteiger partial charge in [-0.05, 0) is 13.3 Å². The lowest BCUT2D eigenvalue weighted by Crippen LogP contribution is -2.68. The Balaban J connectivity index is 0.00000208. The summed E-state index contributed by atoms with van der Waals surface area (Å²) < 4.78 is 11.3. The lowest BCUT2D eigenvalue weighted by atomic mass is 9.57. The van der Waals surface area contributed by atoms with Crippen molar-refractivity contribution >= 4 is 29.9 Å². The Bertz CT molecular complexity index is 427. The topological polar surface area (TPSA) is 58.1 Å². The molecule has 3 unspecified atom stereocenters. The number of fused-ring (bicyclic) bond motifs is 1. The molecular formula is C17H33IN4O2. The third-order valence-electron chi connectivity index (χ3n) is 5.53. The van der Waals surface area contributed by atoms with E-state index in [0.29, 0.717) is 18.1 Å². The summed E-state index contributed by atoms with van der Waals surface area (Å²) in [6.07, 6.45) is 1.58. The van der Waals surface area contributed by atoms with Crippen molar-refractivity contribution in [2.24, 2.45) is 16.3 Å². The molecule has 2 aliphatic heterocycles. The summed E-state index contributed by atoms with van der Waals surface area (Å²) in [6, 6.07) is 0.455. The molecule has 0 radical (unpaired) electrons. The fourth-order valence-electron chi connectivity index (χ4n) is 4.21. The highest BCUT2D eigenvalue weighted by Gasteiger charge is 2.59. The van der Waals surface area contributed by atoms with Gasteiger partial charge >= 0.3 is 0 Å². The monoisotopic (exact) mass is 452 g/mol. The van der Waals surface area contributed by atoms with Crippen LogP contribution in [0.15, 0.2) is 4.99 Å². The molecule has 24 heavy (non-hydrogen) atoms. The number of rotatable bonds is 5. The van der Waals surface area contributed by atoms with E-state index in [0.717, 1.165) is 58.5 Å². The lowest BCUT2D eigenvalue weighted by molar-refractivity contribution is -0.106. The van der Waals surface area contributed by atoms with Crippen molar-refractivity contribution in [3.63, 3.8) is 0 Å². The standard InChI is InChI=1S/C17H32N4O2.HI/c1-4-18-16(19-6-7-21-8-11-22-12-9-21)20-14-13-5-10-23-15(13)17(14,2)3;/h13-15H,4-12H2,1-3H3,(H2,18,19,20);1H. The minimum Gasteiger partial charge on any atom is -0.379 e. The van der Waals surface area contributed by atoms with Gasteiger partial charge in [0.15, 0.2) is 5.96 Å². The predicted molar refractivity (Wildman–Crippen MR) is 107 cm³/mol. The van der Waals surface area contributed by atoms with E-state index in [4.69, 9.17) is 14.5 Å². The first-order valence-corrected chi connectivity index (χ1v) is 9.09.